The molecule has 3 rings (SSSR count). The van der Waals surface area contributed by atoms with Gasteiger partial charge in [0.25, 0.3) is 0 Å². The van der Waals surface area contributed by atoms with Crippen molar-refractivity contribution in [2.75, 3.05) is 24.6 Å². The maximum atomic E-state index is 11.9. The fourth-order valence-corrected chi connectivity index (χ4v) is 3.97. The number of rotatable bonds is 3. The van der Waals surface area contributed by atoms with Gasteiger partial charge in [-0.1, -0.05) is 11.3 Å². The molecule has 1 aromatic rings. The lowest BCUT2D eigenvalue weighted by molar-refractivity contribution is 0.0459. The third-order valence-corrected chi connectivity index (χ3v) is 5.07. The van der Waals surface area contributed by atoms with Crippen LogP contribution in [0.1, 0.15) is 48.0 Å². The van der Waals surface area contributed by atoms with Crippen molar-refractivity contribution in [2.45, 2.75) is 45.1 Å². The smallest absolute Gasteiger partial charge is 0.186 e. The summed E-state index contributed by atoms with van der Waals surface area (Å²) in [5, 5.41) is 1.04. The lowest BCUT2D eigenvalue weighted by Gasteiger charge is -2.31. The van der Waals surface area contributed by atoms with Crippen molar-refractivity contribution in [2.24, 2.45) is 0 Å². The second kappa shape index (κ2) is 5.59. The number of aromatic nitrogens is 1. The summed E-state index contributed by atoms with van der Waals surface area (Å²) in [7, 11) is 0. The molecule has 1 fully saturated rings. The van der Waals surface area contributed by atoms with Crippen molar-refractivity contribution in [3.05, 3.63) is 10.6 Å². The van der Waals surface area contributed by atoms with Crippen molar-refractivity contribution in [3.63, 3.8) is 0 Å². The summed E-state index contributed by atoms with van der Waals surface area (Å²) < 4.78 is 5.67. The second-order valence-corrected chi connectivity index (χ2v) is 6.17. The van der Waals surface area contributed by atoms with E-state index in [-0.39, 0.29) is 5.78 Å². The van der Waals surface area contributed by atoms with Crippen molar-refractivity contribution >= 4 is 22.3 Å². The van der Waals surface area contributed by atoms with E-state index in [1.807, 2.05) is 6.92 Å². The third-order valence-electron chi connectivity index (χ3n) is 3.87. The zero-order chi connectivity index (χ0) is 13.2. The van der Waals surface area contributed by atoms with E-state index in [9.17, 15) is 4.79 Å². The van der Waals surface area contributed by atoms with Gasteiger partial charge in [-0.15, -0.1) is 0 Å². The first kappa shape index (κ1) is 13.1. The van der Waals surface area contributed by atoms with Crippen molar-refractivity contribution in [1.82, 2.24) is 4.98 Å². The van der Waals surface area contributed by atoms with Crippen LogP contribution >= 0.6 is 11.3 Å². The quantitative estimate of drug-likeness (QED) is 0.853. The molecule has 19 heavy (non-hydrogen) atoms. The van der Waals surface area contributed by atoms with Gasteiger partial charge in [0.05, 0.1) is 16.7 Å². The Morgan fingerprint density at radius 3 is 2.84 bits per heavy atom. The summed E-state index contributed by atoms with van der Waals surface area (Å²) in [6.45, 7) is 4.83. The Morgan fingerprint density at radius 1 is 1.37 bits per heavy atom. The van der Waals surface area contributed by atoms with Crippen LogP contribution in [0.2, 0.25) is 0 Å². The minimum Gasteiger partial charge on any atom is -0.378 e. The molecule has 104 valence electrons. The number of hydrogen-bond acceptors (Lipinski definition) is 5. The summed E-state index contributed by atoms with van der Waals surface area (Å²) in [4.78, 5) is 19.8. The maximum absolute atomic E-state index is 11.9. The second-order valence-electron chi connectivity index (χ2n) is 5.19. The summed E-state index contributed by atoms with van der Waals surface area (Å²) in [6, 6.07) is 0. The Bertz CT molecular complexity index is 464. The number of thiazole rings is 1. The molecule has 0 N–H and O–H groups in total. The van der Waals surface area contributed by atoms with Crippen molar-refractivity contribution < 1.29 is 9.53 Å². The highest BCUT2D eigenvalue weighted by molar-refractivity contribution is 7.17. The number of hydrogen-bond donors (Lipinski definition) is 0. The molecule has 4 nitrogen and oxygen atoms in total. The number of ketones is 1. The predicted molar refractivity (Wildman–Crippen MR) is 76.2 cm³/mol. The molecule has 5 heteroatoms. The highest BCUT2D eigenvalue weighted by atomic mass is 32.1. The molecule has 2 aliphatic rings. The van der Waals surface area contributed by atoms with Gasteiger partial charge in [0.15, 0.2) is 10.9 Å². The zero-order valence-corrected chi connectivity index (χ0v) is 12.2. The number of nitrogens with zero attached hydrogens (tertiary/aromatic N) is 2. The van der Waals surface area contributed by atoms with E-state index >= 15 is 0 Å². The van der Waals surface area contributed by atoms with E-state index in [2.05, 4.69) is 9.88 Å². The van der Waals surface area contributed by atoms with Crippen LogP contribution in [0, 0.1) is 0 Å². The highest BCUT2D eigenvalue weighted by Gasteiger charge is 2.26. The van der Waals surface area contributed by atoms with Gasteiger partial charge in [-0.2, -0.15) is 0 Å². The van der Waals surface area contributed by atoms with Gasteiger partial charge in [0.2, 0.25) is 0 Å². The lowest BCUT2D eigenvalue weighted by atomic mass is 10.0. The van der Waals surface area contributed by atoms with Gasteiger partial charge in [0.1, 0.15) is 0 Å². The molecule has 2 heterocycles. The first-order chi connectivity index (χ1) is 9.28. The van der Waals surface area contributed by atoms with Crippen molar-refractivity contribution in [1.29, 1.82) is 0 Å². The molecule has 0 aromatic carbocycles. The Morgan fingerprint density at radius 2 is 2.16 bits per heavy atom. The van der Waals surface area contributed by atoms with Gasteiger partial charge in [-0.25, -0.2) is 4.98 Å². The minimum atomic E-state index is 0.286. The SMILES string of the molecule is CCOC1CCN(c2nc3c(s2)C(=O)CCC3)CC1. The summed E-state index contributed by atoms with van der Waals surface area (Å²) in [5.74, 6) is 0.286. The average Bonchev–Trinajstić information content (AvgIpc) is 2.85. The highest BCUT2D eigenvalue weighted by Crippen LogP contribution is 2.33. The number of Topliss-reactive ketones (excluding diaryl/α,β-unsaturated/α-hetero) is 1. The Balaban J connectivity index is 1.69. The van der Waals surface area contributed by atoms with E-state index in [0.29, 0.717) is 12.5 Å². The van der Waals surface area contributed by atoms with Gasteiger partial charge >= 0.3 is 0 Å². The standard InChI is InChI=1S/C14H20N2O2S/c1-2-18-10-6-8-16(9-7-10)14-15-11-4-3-5-12(17)13(11)19-14/h10H,2-9H2,1H3. The first-order valence-corrected chi connectivity index (χ1v) is 7.99. The molecule has 0 radical (unpaired) electrons. The number of carbonyl (C=O) groups is 1. The number of fused-ring (bicyclic) bond motifs is 1. The molecule has 0 atom stereocenters. The number of piperidine rings is 1. The van der Waals surface area contributed by atoms with Gasteiger partial charge < -0.3 is 9.64 Å². The Labute approximate surface area is 117 Å². The van der Waals surface area contributed by atoms with Crippen LogP contribution in [0.3, 0.4) is 0 Å². The van der Waals surface area contributed by atoms with Crippen LogP contribution in [-0.2, 0) is 11.2 Å². The van der Waals surface area contributed by atoms with E-state index in [0.717, 1.165) is 61.1 Å². The third kappa shape index (κ3) is 2.67. The van der Waals surface area contributed by atoms with Gasteiger partial charge in [-0.3, -0.25) is 4.79 Å². The van der Waals surface area contributed by atoms with Crippen molar-refractivity contribution in [3.8, 4) is 0 Å². The van der Waals surface area contributed by atoms with Crippen LogP contribution in [0.5, 0.6) is 0 Å². The molecule has 1 aliphatic carbocycles. The summed E-state index contributed by atoms with van der Waals surface area (Å²) in [5.41, 5.74) is 1.03. The van der Waals surface area contributed by atoms with Crippen LogP contribution in [-0.4, -0.2) is 36.6 Å². The molecule has 0 spiro atoms. The molecular formula is C14H20N2O2S. The lowest BCUT2D eigenvalue weighted by Crippen LogP contribution is -2.37. The first-order valence-electron chi connectivity index (χ1n) is 7.17. The van der Waals surface area contributed by atoms with Crippen LogP contribution < -0.4 is 4.90 Å². The number of carbonyl (C=O) groups excluding carboxylic acids is 1. The summed E-state index contributed by atoms with van der Waals surface area (Å²) >= 11 is 1.59. The zero-order valence-electron chi connectivity index (χ0n) is 11.4. The van der Waals surface area contributed by atoms with Gasteiger partial charge in [0, 0.05) is 26.1 Å². The predicted octanol–water partition coefficient (Wildman–Crippen LogP) is 2.67. The number of ether oxygens (including phenoxy) is 1. The molecular weight excluding hydrogens is 260 g/mol. The normalized spacial score (nSPS) is 20.7. The maximum Gasteiger partial charge on any atom is 0.186 e. The molecule has 1 saturated heterocycles. The molecule has 0 amide bonds. The fraction of sp³-hybridized carbons (Fsp3) is 0.714. The average molecular weight is 280 g/mol. The summed E-state index contributed by atoms with van der Waals surface area (Å²) in [6.07, 6.45) is 5.14. The largest absolute Gasteiger partial charge is 0.378 e. The van der Waals surface area contributed by atoms with E-state index in [1.54, 1.807) is 11.3 Å². The van der Waals surface area contributed by atoms with Crippen LogP contribution in [0.25, 0.3) is 0 Å². The van der Waals surface area contributed by atoms with E-state index in [4.69, 9.17) is 4.74 Å². The van der Waals surface area contributed by atoms with E-state index < -0.39 is 0 Å². The Hall–Kier alpha value is -0.940. The van der Waals surface area contributed by atoms with Crippen LogP contribution in [0.4, 0.5) is 5.13 Å². The monoisotopic (exact) mass is 280 g/mol. The topological polar surface area (TPSA) is 42.4 Å². The molecule has 1 aromatic heterocycles. The molecule has 1 aliphatic heterocycles. The van der Waals surface area contributed by atoms with Gasteiger partial charge in [-0.05, 0) is 32.6 Å². The van der Waals surface area contributed by atoms with E-state index in [1.165, 1.54) is 0 Å². The molecule has 0 unspecified atom stereocenters. The fourth-order valence-electron chi connectivity index (χ4n) is 2.84. The molecule has 0 bridgehead atoms. The minimum absolute atomic E-state index is 0.286. The number of aryl methyl sites for hydroxylation is 1. The molecule has 0 saturated carbocycles. The number of anilines is 1. The van der Waals surface area contributed by atoms with Crippen LogP contribution in [0.15, 0.2) is 0 Å². The Kier molecular flexibility index (Phi) is 3.84.